The first kappa shape index (κ1) is 33.1. The average Bonchev–Trinajstić information content (AvgIpc) is 3.77. The zero-order valence-corrected chi connectivity index (χ0v) is 27.4. The van der Waals surface area contributed by atoms with Crippen molar-refractivity contribution in [2.75, 3.05) is 32.7 Å². The van der Waals surface area contributed by atoms with Gasteiger partial charge in [0.15, 0.2) is 5.96 Å². The van der Waals surface area contributed by atoms with Gasteiger partial charge in [0.05, 0.1) is 16.9 Å². The van der Waals surface area contributed by atoms with Gasteiger partial charge >= 0.3 is 5.69 Å². The van der Waals surface area contributed by atoms with Crippen LogP contribution in [0.4, 0.5) is 0 Å². The molecule has 5 aromatic rings. The van der Waals surface area contributed by atoms with E-state index in [4.69, 9.17) is 11.1 Å². The van der Waals surface area contributed by atoms with Gasteiger partial charge in [-0.05, 0) is 80.4 Å². The molecule has 0 amide bonds. The van der Waals surface area contributed by atoms with Gasteiger partial charge in [-0.15, -0.1) is 0 Å². The lowest BCUT2D eigenvalue weighted by molar-refractivity contribution is 0.255. The number of hydrogen-bond donors (Lipinski definition) is 6. The van der Waals surface area contributed by atoms with Crippen LogP contribution >= 0.6 is 0 Å². The summed E-state index contributed by atoms with van der Waals surface area (Å²) in [4.78, 5) is 24.9. The zero-order valence-electron chi connectivity index (χ0n) is 26.6. The number of nitrogens with zero attached hydrogens (tertiary/aromatic N) is 5. The number of benzene rings is 2. The molecule has 252 valence electrons. The maximum atomic E-state index is 14.1. The van der Waals surface area contributed by atoms with E-state index in [0.29, 0.717) is 48.8 Å². The van der Waals surface area contributed by atoms with Crippen molar-refractivity contribution < 1.29 is 8.42 Å². The molecular formula is C33H41N11O3S. The fourth-order valence-corrected chi connectivity index (χ4v) is 7.69. The third kappa shape index (κ3) is 7.82. The maximum Gasteiger partial charge on any atom is 0.354 e. The number of aromatic nitrogens is 5. The van der Waals surface area contributed by atoms with Crippen molar-refractivity contribution in [3.05, 3.63) is 95.6 Å². The second kappa shape index (κ2) is 14.9. The minimum Gasteiger partial charge on any atom is -0.370 e. The van der Waals surface area contributed by atoms with Gasteiger partial charge in [-0.3, -0.25) is 9.98 Å². The number of aromatic amines is 1. The predicted molar refractivity (Wildman–Crippen MR) is 185 cm³/mol. The summed E-state index contributed by atoms with van der Waals surface area (Å²) in [7, 11) is -3.81. The van der Waals surface area contributed by atoms with Gasteiger partial charge in [0, 0.05) is 61.9 Å². The minimum atomic E-state index is -3.81. The molecule has 1 fully saturated rings. The second-order valence-electron chi connectivity index (χ2n) is 11.8. The van der Waals surface area contributed by atoms with Crippen LogP contribution in [0.3, 0.4) is 0 Å². The molecular weight excluding hydrogens is 631 g/mol. The molecule has 0 saturated carbocycles. The van der Waals surface area contributed by atoms with Crippen LogP contribution in [0.2, 0.25) is 0 Å². The highest BCUT2D eigenvalue weighted by molar-refractivity contribution is 7.89. The molecule has 0 atom stereocenters. The number of nitrogens with one attached hydrogen (secondary N) is 5. The average molecular weight is 672 g/mol. The fourth-order valence-electron chi connectivity index (χ4n) is 5.96. The van der Waals surface area contributed by atoms with Gasteiger partial charge in [-0.2, -0.15) is 9.29 Å². The van der Waals surface area contributed by atoms with Crippen molar-refractivity contribution in [3.8, 4) is 16.9 Å². The Bertz CT molecular complexity index is 2000. The summed E-state index contributed by atoms with van der Waals surface area (Å²) >= 11 is 0. The molecule has 1 aliphatic rings. The lowest BCUT2D eigenvalue weighted by atomic mass is 10.1. The molecule has 14 nitrogen and oxygen atoms in total. The van der Waals surface area contributed by atoms with E-state index in [-0.39, 0.29) is 16.9 Å². The van der Waals surface area contributed by atoms with Crippen LogP contribution in [0.25, 0.3) is 28.0 Å². The van der Waals surface area contributed by atoms with Crippen molar-refractivity contribution in [2.24, 2.45) is 5.73 Å². The minimum absolute atomic E-state index is 0.0302. The predicted octanol–water partition coefficient (Wildman–Crippen LogP) is 1.98. The lowest BCUT2D eigenvalue weighted by Gasteiger charge is -2.34. The number of guanidine groups is 1. The zero-order chi connectivity index (χ0) is 33.5. The van der Waals surface area contributed by atoms with Gasteiger partial charge < -0.3 is 31.2 Å². The highest BCUT2D eigenvalue weighted by Crippen LogP contribution is 2.28. The van der Waals surface area contributed by atoms with E-state index in [1.165, 1.54) is 4.57 Å². The maximum absolute atomic E-state index is 14.1. The van der Waals surface area contributed by atoms with Crippen LogP contribution < -0.4 is 27.4 Å². The molecule has 2 aromatic carbocycles. The number of H-pyrrole nitrogens is 1. The van der Waals surface area contributed by atoms with Gasteiger partial charge in [0.1, 0.15) is 5.65 Å². The number of piperidine rings is 1. The van der Waals surface area contributed by atoms with E-state index in [2.05, 4.69) is 30.9 Å². The Morgan fingerprint density at radius 3 is 2.67 bits per heavy atom. The molecule has 4 heterocycles. The number of sulfonamides is 1. The van der Waals surface area contributed by atoms with Crippen LogP contribution in [0.5, 0.6) is 0 Å². The van der Waals surface area contributed by atoms with Crippen LogP contribution in [-0.4, -0.2) is 81.5 Å². The van der Waals surface area contributed by atoms with Crippen molar-refractivity contribution in [1.82, 2.24) is 44.3 Å². The van der Waals surface area contributed by atoms with Crippen molar-refractivity contribution in [2.45, 2.75) is 43.3 Å². The lowest BCUT2D eigenvalue weighted by Crippen LogP contribution is -2.47. The van der Waals surface area contributed by atoms with Gasteiger partial charge in [-0.25, -0.2) is 18.2 Å². The van der Waals surface area contributed by atoms with Gasteiger partial charge in [0.2, 0.25) is 10.0 Å². The third-order valence-electron chi connectivity index (χ3n) is 8.50. The van der Waals surface area contributed by atoms with Crippen LogP contribution in [0.15, 0.2) is 89.2 Å². The first-order valence-electron chi connectivity index (χ1n) is 16.1. The molecule has 15 heteroatoms. The molecule has 1 aliphatic heterocycles. The summed E-state index contributed by atoms with van der Waals surface area (Å²) in [6.07, 6.45) is 9.29. The van der Waals surface area contributed by atoms with Crippen LogP contribution in [0.1, 0.15) is 24.8 Å². The summed E-state index contributed by atoms with van der Waals surface area (Å²) in [5, 5.41) is 17.4. The van der Waals surface area contributed by atoms with Crippen molar-refractivity contribution >= 4 is 27.0 Å². The molecule has 0 radical (unpaired) electrons. The SMILES string of the molecule is N=C(N)NCCCNCc1ccc(-n2cc3cc(-c4cccc(S(=O)(=O)N(CCn5ccnc5)C5CCNCC5)c4)[nH]c3nc2=O)cc1. The summed E-state index contributed by atoms with van der Waals surface area (Å²) < 4.78 is 33.3. The first-order valence-corrected chi connectivity index (χ1v) is 17.5. The highest BCUT2D eigenvalue weighted by atomic mass is 32.2. The Balaban J connectivity index is 1.19. The number of rotatable bonds is 14. The quantitative estimate of drug-likeness (QED) is 0.0582. The molecule has 0 unspecified atom stereocenters. The summed E-state index contributed by atoms with van der Waals surface area (Å²) in [6, 6.07) is 16.4. The molecule has 3 aromatic heterocycles. The third-order valence-corrected chi connectivity index (χ3v) is 10.5. The fraction of sp³-hybridized carbons (Fsp3) is 0.333. The van der Waals surface area contributed by atoms with Crippen molar-refractivity contribution in [3.63, 3.8) is 0 Å². The Morgan fingerprint density at radius 1 is 1.10 bits per heavy atom. The first-order chi connectivity index (χ1) is 23.3. The molecule has 1 saturated heterocycles. The largest absolute Gasteiger partial charge is 0.370 e. The topological polar surface area (TPSA) is 192 Å². The standard InChI is InChI=1S/C33H41N11O3S/c34-32(35)39-12-2-11-37-21-24-5-7-27(8-6-24)43-22-26-20-30(40-31(26)41-33(43)45)25-3-1-4-29(19-25)48(46,47)44(28-9-13-36-14-10-28)18-17-42-16-15-38-23-42/h1,3-8,15-16,19-20,22-23,28,36-37H,2,9-14,17-18,21H2,(H4,34,35,39)(H,40,41,45). The Labute approximate surface area is 279 Å². The van der Waals surface area contributed by atoms with Crippen LogP contribution in [0, 0.1) is 5.41 Å². The number of hydrogen-bond acceptors (Lipinski definition) is 8. The summed E-state index contributed by atoms with van der Waals surface area (Å²) in [6.45, 7) is 4.47. The summed E-state index contributed by atoms with van der Waals surface area (Å²) in [5.41, 5.74) is 8.40. The van der Waals surface area contributed by atoms with Crippen LogP contribution in [-0.2, 0) is 23.1 Å². The van der Waals surface area contributed by atoms with E-state index < -0.39 is 15.7 Å². The Morgan fingerprint density at radius 2 is 1.92 bits per heavy atom. The monoisotopic (exact) mass is 671 g/mol. The molecule has 7 N–H and O–H groups in total. The molecule has 0 aliphatic carbocycles. The van der Waals surface area contributed by atoms with E-state index in [9.17, 15) is 13.2 Å². The highest BCUT2D eigenvalue weighted by Gasteiger charge is 2.32. The van der Waals surface area contributed by atoms with Gasteiger partial charge in [-0.1, -0.05) is 24.3 Å². The summed E-state index contributed by atoms with van der Waals surface area (Å²) in [5.74, 6) is -0.0302. The number of imidazole rings is 1. The second-order valence-corrected chi connectivity index (χ2v) is 13.7. The van der Waals surface area contributed by atoms with Gasteiger partial charge in [0.25, 0.3) is 0 Å². The van der Waals surface area contributed by atoms with E-state index in [1.807, 2.05) is 47.2 Å². The Kier molecular flexibility index (Phi) is 10.3. The van der Waals surface area contributed by atoms with E-state index in [1.54, 1.807) is 41.2 Å². The number of nitrogens with two attached hydrogens (primary N) is 1. The number of fused-ring (bicyclic) bond motifs is 1. The molecule has 0 bridgehead atoms. The van der Waals surface area contributed by atoms with E-state index >= 15 is 0 Å². The molecule has 6 rings (SSSR count). The smallest absolute Gasteiger partial charge is 0.354 e. The molecule has 0 spiro atoms. The van der Waals surface area contributed by atoms with E-state index in [0.717, 1.165) is 49.8 Å². The Hall–Kier alpha value is -4.83. The normalized spacial score (nSPS) is 14.1. The van der Waals surface area contributed by atoms with Crippen molar-refractivity contribution in [1.29, 1.82) is 5.41 Å². The molecule has 48 heavy (non-hydrogen) atoms.